The smallest absolute Gasteiger partial charge is 0.255 e. The Bertz CT molecular complexity index is 677. The molecule has 2 rings (SSSR count). The van der Waals surface area contributed by atoms with Gasteiger partial charge in [0, 0.05) is 24.7 Å². The van der Waals surface area contributed by atoms with Crippen molar-refractivity contribution >= 4 is 0 Å². The van der Waals surface area contributed by atoms with Gasteiger partial charge in [0.2, 0.25) is 0 Å². The van der Waals surface area contributed by atoms with Crippen molar-refractivity contribution in [3.63, 3.8) is 0 Å². The van der Waals surface area contributed by atoms with Gasteiger partial charge >= 0.3 is 0 Å². The zero-order valence-electron chi connectivity index (χ0n) is 11.8. The first-order valence-corrected chi connectivity index (χ1v) is 6.23. The first kappa shape index (κ1) is 14.1. The fourth-order valence-corrected chi connectivity index (χ4v) is 2.13. The molecule has 0 fully saturated rings. The average Bonchev–Trinajstić information content (AvgIpc) is 2.49. The van der Waals surface area contributed by atoms with Crippen molar-refractivity contribution in [3.05, 3.63) is 46.2 Å². The van der Waals surface area contributed by atoms with E-state index < -0.39 is 0 Å². The van der Waals surface area contributed by atoms with Crippen LogP contribution in [-0.2, 0) is 13.6 Å². The Balaban J connectivity index is 2.57. The van der Waals surface area contributed by atoms with Gasteiger partial charge in [0.15, 0.2) is 11.5 Å². The second-order valence-corrected chi connectivity index (χ2v) is 4.38. The zero-order chi connectivity index (χ0) is 14.7. The number of nitrogens with two attached hydrogens (primary N) is 1. The highest BCUT2D eigenvalue weighted by molar-refractivity contribution is 5.64. The molecule has 2 aromatic rings. The van der Waals surface area contributed by atoms with Gasteiger partial charge in [-0.3, -0.25) is 4.79 Å². The lowest BCUT2D eigenvalue weighted by Gasteiger charge is -2.13. The van der Waals surface area contributed by atoms with Gasteiger partial charge in [0.1, 0.15) is 0 Å². The van der Waals surface area contributed by atoms with Crippen molar-refractivity contribution in [2.24, 2.45) is 12.8 Å². The van der Waals surface area contributed by atoms with Gasteiger partial charge in [-0.2, -0.15) is 0 Å². The summed E-state index contributed by atoms with van der Waals surface area (Å²) in [7, 11) is 4.90. The molecule has 0 amide bonds. The predicted molar refractivity (Wildman–Crippen MR) is 78.1 cm³/mol. The van der Waals surface area contributed by atoms with Crippen LogP contribution in [0.1, 0.15) is 5.56 Å². The number of ether oxygens (including phenoxy) is 2. The van der Waals surface area contributed by atoms with E-state index in [1.807, 2.05) is 24.3 Å². The minimum Gasteiger partial charge on any atom is -0.493 e. The maximum absolute atomic E-state index is 12.1. The Morgan fingerprint density at radius 3 is 2.40 bits per heavy atom. The third-order valence-corrected chi connectivity index (χ3v) is 3.28. The van der Waals surface area contributed by atoms with Gasteiger partial charge in [-0.1, -0.05) is 6.07 Å². The molecule has 5 nitrogen and oxygen atoms in total. The predicted octanol–water partition coefficient (Wildman–Crippen LogP) is 1.53. The minimum absolute atomic E-state index is 0.0835. The largest absolute Gasteiger partial charge is 0.493 e. The molecule has 0 aliphatic carbocycles. The van der Waals surface area contributed by atoms with E-state index in [2.05, 4.69) is 0 Å². The van der Waals surface area contributed by atoms with Crippen molar-refractivity contribution < 1.29 is 9.47 Å². The summed E-state index contributed by atoms with van der Waals surface area (Å²) in [6.45, 7) is 0.235. The number of rotatable bonds is 4. The molecule has 1 heterocycles. The van der Waals surface area contributed by atoms with Gasteiger partial charge < -0.3 is 19.8 Å². The molecule has 5 heteroatoms. The summed E-state index contributed by atoms with van der Waals surface area (Å²) in [5.41, 5.74) is 7.73. The molecule has 0 aliphatic rings. The van der Waals surface area contributed by atoms with Gasteiger partial charge in [-0.25, -0.2) is 0 Å². The summed E-state index contributed by atoms with van der Waals surface area (Å²) in [4.78, 5) is 12.1. The van der Waals surface area contributed by atoms with Gasteiger partial charge in [0.25, 0.3) is 5.56 Å². The molecular weight excluding hydrogens is 256 g/mol. The summed E-state index contributed by atoms with van der Waals surface area (Å²) < 4.78 is 12.1. The van der Waals surface area contributed by atoms with Crippen LogP contribution in [0.5, 0.6) is 11.5 Å². The molecule has 0 spiro atoms. The van der Waals surface area contributed by atoms with E-state index >= 15 is 0 Å². The fourth-order valence-electron chi connectivity index (χ4n) is 2.13. The van der Waals surface area contributed by atoms with E-state index in [4.69, 9.17) is 15.2 Å². The number of methoxy groups -OCH3 is 2. The second kappa shape index (κ2) is 5.79. The number of nitrogens with zero attached hydrogens (tertiary/aromatic N) is 1. The van der Waals surface area contributed by atoms with Gasteiger partial charge in [0.05, 0.1) is 19.9 Å². The third kappa shape index (κ3) is 2.40. The van der Waals surface area contributed by atoms with Crippen molar-refractivity contribution in [1.82, 2.24) is 4.57 Å². The highest BCUT2D eigenvalue weighted by Crippen LogP contribution is 2.31. The van der Waals surface area contributed by atoms with Crippen LogP contribution in [0.3, 0.4) is 0 Å². The van der Waals surface area contributed by atoms with Crippen molar-refractivity contribution in [2.75, 3.05) is 14.2 Å². The molecule has 1 aromatic heterocycles. The van der Waals surface area contributed by atoms with Crippen LogP contribution in [0.4, 0.5) is 0 Å². The summed E-state index contributed by atoms with van der Waals surface area (Å²) in [6, 6.07) is 9.18. The molecule has 0 saturated carbocycles. The minimum atomic E-state index is -0.0835. The van der Waals surface area contributed by atoms with Gasteiger partial charge in [-0.15, -0.1) is 0 Å². The summed E-state index contributed by atoms with van der Waals surface area (Å²) in [5.74, 6) is 1.28. The lowest BCUT2D eigenvalue weighted by molar-refractivity contribution is 0.355. The van der Waals surface area contributed by atoms with Crippen LogP contribution >= 0.6 is 0 Å². The number of pyridine rings is 1. The van der Waals surface area contributed by atoms with Crippen LogP contribution in [0.25, 0.3) is 11.3 Å². The highest BCUT2D eigenvalue weighted by atomic mass is 16.5. The van der Waals surface area contributed by atoms with Crippen molar-refractivity contribution in [3.8, 4) is 22.8 Å². The van der Waals surface area contributed by atoms with Crippen LogP contribution in [0.2, 0.25) is 0 Å². The fraction of sp³-hybridized carbons (Fsp3) is 0.267. The topological polar surface area (TPSA) is 66.5 Å². The second-order valence-electron chi connectivity index (χ2n) is 4.38. The quantitative estimate of drug-likeness (QED) is 0.918. The first-order valence-electron chi connectivity index (χ1n) is 6.23. The summed E-state index contributed by atoms with van der Waals surface area (Å²) >= 11 is 0. The van der Waals surface area contributed by atoms with Crippen molar-refractivity contribution in [2.45, 2.75) is 6.54 Å². The molecule has 0 unspecified atom stereocenters. The van der Waals surface area contributed by atoms with Gasteiger partial charge in [-0.05, 0) is 24.3 Å². The van der Waals surface area contributed by atoms with E-state index in [9.17, 15) is 4.79 Å². The third-order valence-electron chi connectivity index (χ3n) is 3.28. The standard InChI is InChI=1S/C15H18N2O3/c1-17-12(6-4-11(9-16)15(17)18)10-5-7-13(19-2)14(8-10)20-3/h4-8H,9,16H2,1-3H3. The molecule has 0 aliphatic heterocycles. The number of aromatic nitrogens is 1. The monoisotopic (exact) mass is 274 g/mol. The summed E-state index contributed by atoms with van der Waals surface area (Å²) in [6.07, 6.45) is 0. The molecule has 2 N–H and O–H groups in total. The Morgan fingerprint density at radius 2 is 1.80 bits per heavy atom. The molecule has 0 bridgehead atoms. The average molecular weight is 274 g/mol. The molecule has 20 heavy (non-hydrogen) atoms. The Labute approximate surface area is 117 Å². The summed E-state index contributed by atoms with van der Waals surface area (Å²) in [5, 5.41) is 0. The molecule has 106 valence electrons. The lowest BCUT2D eigenvalue weighted by atomic mass is 10.1. The Morgan fingerprint density at radius 1 is 1.10 bits per heavy atom. The zero-order valence-corrected chi connectivity index (χ0v) is 11.8. The number of benzene rings is 1. The molecule has 1 aromatic carbocycles. The molecule has 0 radical (unpaired) electrons. The normalized spacial score (nSPS) is 10.4. The SMILES string of the molecule is COc1ccc(-c2ccc(CN)c(=O)n2C)cc1OC. The van der Waals surface area contributed by atoms with E-state index in [1.54, 1.807) is 31.9 Å². The maximum atomic E-state index is 12.1. The molecule has 0 atom stereocenters. The Hall–Kier alpha value is -2.27. The van der Waals surface area contributed by atoms with Crippen molar-refractivity contribution in [1.29, 1.82) is 0 Å². The maximum Gasteiger partial charge on any atom is 0.255 e. The number of hydrogen-bond acceptors (Lipinski definition) is 4. The van der Waals surface area contributed by atoms with E-state index in [1.165, 1.54) is 0 Å². The highest BCUT2D eigenvalue weighted by Gasteiger charge is 2.10. The lowest BCUT2D eigenvalue weighted by Crippen LogP contribution is -2.23. The van der Waals surface area contributed by atoms with Crippen LogP contribution in [0.15, 0.2) is 35.1 Å². The first-order chi connectivity index (χ1) is 9.62. The molecule has 0 saturated heterocycles. The Kier molecular flexibility index (Phi) is 4.10. The molecular formula is C15H18N2O3. The van der Waals surface area contributed by atoms with E-state index in [0.29, 0.717) is 17.1 Å². The van der Waals surface area contributed by atoms with Crippen LogP contribution in [-0.4, -0.2) is 18.8 Å². The van der Waals surface area contributed by atoms with E-state index in [-0.39, 0.29) is 12.1 Å². The van der Waals surface area contributed by atoms with Crippen LogP contribution in [0, 0.1) is 0 Å². The van der Waals surface area contributed by atoms with E-state index in [0.717, 1.165) is 11.3 Å². The number of hydrogen-bond donors (Lipinski definition) is 1. The van der Waals surface area contributed by atoms with Crippen LogP contribution < -0.4 is 20.8 Å².